The van der Waals surface area contributed by atoms with Crippen molar-refractivity contribution in [3.8, 4) is 0 Å². The van der Waals surface area contributed by atoms with Gasteiger partial charge in [0.15, 0.2) is 0 Å². The number of nitrogens with zero attached hydrogens (tertiary/aromatic N) is 2. The molecule has 0 saturated heterocycles. The number of aromatic nitrogens is 2. The summed E-state index contributed by atoms with van der Waals surface area (Å²) >= 11 is 0. The monoisotopic (exact) mass is 175 g/mol. The van der Waals surface area contributed by atoms with Crippen molar-refractivity contribution in [3.05, 3.63) is 24.0 Å². The van der Waals surface area contributed by atoms with E-state index in [1.165, 1.54) is 5.39 Å². The van der Waals surface area contributed by atoms with Gasteiger partial charge in [0.05, 0.1) is 11.2 Å². The zero-order valence-corrected chi connectivity index (χ0v) is 8.13. The summed E-state index contributed by atoms with van der Waals surface area (Å²) in [6.45, 7) is 2.02. The zero-order chi connectivity index (χ0) is 9.42. The van der Waals surface area contributed by atoms with Gasteiger partial charge in [0.2, 0.25) is 0 Å². The van der Waals surface area contributed by atoms with Crippen LogP contribution in [0.5, 0.6) is 0 Å². The molecule has 2 aromatic heterocycles. The van der Waals surface area contributed by atoms with Gasteiger partial charge in [-0.2, -0.15) is 0 Å². The highest BCUT2D eigenvalue weighted by Crippen LogP contribution is 2.19. The van der Waals surface area contributed by atoms with Crippen LogP contribution in [0.15, 0.2) is 18.3 Å². The molecule has 2 rings (SSSR count). The molecule has 0 unspecified atom stereocenters. The number of aromatic amines is 1. The van der Waals surface area contributed by atoms with Gasteiger partial charge >= 0.3 is 0 Å². The first kappa shape index (κ1) is 8.10. The minimum Gasteiger partial charge on any atom is -0.363 e. The van der Waals surface area contributed by atoms with Crippen molar-refractivity contribution in [3.63, 3.8) is 0 Å². The predicted molar refractivity (Wildman–Crippen MR) is 55.2 cm³/mol. The van der Waals surface area contributed by atoms with Crippen molar-refractivity contribution >= 4 is 16.7 Å². The second-order valence-corrected chi connectivity index (χ2v) is 3.40. The first-order valence-electron chi connectivity index (χ1n) is 4.30. The maximum atomic E-state index is 4.47. The molecule has 3 heteroatoms. The highest BCUT2D eigenvalue weighted by molar-refractivity contribution is 5.83. The summed E-state index contributed by atoms with van der Waals surface area (Å²) in [6, 6.07) is 4.15. The fourth-order valence-corrected chi connectivity index (χ4v) is 1.44. The number of pyridine rings is 1. The van der Waals surface area contributed by atoms with Crippen molar-refractivity contribution in [1.82, 2.24) is 9.97 Å². The molecule has 68 valence electrons. The standard InChI is InChI=1S/C10H13N3/c1-7-10-8(4-5-11-10)6-9(12-7)13(2)3/h4-6,11H,1-3H3. The lowest BCUT2D eigenvalue weighted by Crippen LogP contribution is -2.10. The number of rotatable bonds is 1. The Morgan fingerprint density at radius 3 is 2.85 bits per heavy atom. The fourth-order valence-electron chi connectivity index (χ4n) is 1.44. The van der Waals surface area contributed by atoms with E-state index in [9.17, 15) is 0 Å². The number of fused-ring (bicyclic) bond motifs is 1. The van der Waals surface area contributed by atoms with E-state index in [0.29, 0.717) is 0 Å². The lowest BCUT2D eigenvalue weighted by molar-refractivity contribution is 1.05. The average Bonchev–Trinajstić information content (AvgIpc) is 2.51. The molecule has 0 saturated carbocycles. The van der Waals surface area contributed by atoms with E-state index in [1.54, 1.807) is 0 Å². The third-order valence-electron chi connectivity index (χ3n) is 2.17. The van der Waals surface area contributed by atoms with E-state index in [2.05, 4.69) is 22.1 Å². The minimum absolute atomic E-state index is 1.00. The summed E-state index contributed by atoms with van der Waals surface area (Å²) in [6.07, 6.45) is 1.94. The molecule has 0 spiro atoms. The van der Waals surface area contributed by atoms with Gasteiger partial charge in [0.25, 0.3) is 0 Å². The summed E-state index contributed by atoms with van der Waals surface area (Å²) in [5.41, 5.74) is 2.18. The second kappa shape index (κ2) is 2.76. The Morgan fingerprint density at radius 2 is 2.15 bits per heavy atom. The third kappa shape index (κ3) is 1.26. The largest absolute Gasteiger partial charge is 0.363 e. The molecular formula is C10H13N3. The maximum absolute atomic E-state index is 4.47. The van der Waals surface area contributed by atoms with Gasteiger partial charge in [0, 0.05) is 25.7 Å². The smallest absolute Gasteiger partial charge is 0.129 e. The summed E-state index contributed by atoms with van der Waals surface area (Å²) in [7, 11) is 4.00. The van der Waals surface area contributed by atoms with Crippen LogP contribution in [0.25, 0.3) is 10.9 Å². The van der Waals surface area contributed by atoms with E-state index in [1.807, 2.05) is 32.1 Å². The van der Waals surface area contributed by atoms with Gasteiger partial charge in [-0.15, -0.1) is 0 Å². The molecule has 0 radical (unpaired) electrons. The molecule has 0 amide bonds. The van der Waals surface area contributed by atoms with Crippen molar-refractivity contribution in [2.75, 3.05) is 19.0 Å². The number of anilines is 1. The van der Waals surface area contributed by atoms with Crippen LogP contribution in [0.3, 0.4) is 0 Å². The summed E-state index contributed by atoms with van der Waals surface area (Å²) in [5.74, 6) is 1.00. The Balaban J connectivity index is 2.70. The van der Waals surface area contributed by atoms with Crippen molar-refractivity contribution in [1.29, 1.82) is 0 Å². The summed E-state index contributed by atoms with van der Waals surface area (Å²) in [4.78, 5) is 9.65. The fraction of sp³-hybridized carbons (Fsp3) is 0.300. The Bertz CT molecular complexity index is 429. The van der Waals surface area contributed by atoms with Gasteiger partial charge in [-0.05, 0) is 19.1 Å². The van der Waals surface area contributed by atoms with Crippen molar-refractivity contribution < 1.29 is 0 Å². The summed E-state index contributed by atoms with van der Waals surface area (Å²) in [5, 5.41) is 1.22. The molecule has 0 bridgehead atoms. The predicted octanol–water partition coefficient (Wildman–Crippen LogP) is 1.94. The molecule has 0 aliphatic rings. The molecule has 0 aliphatic heterocycles. The highest BCUT2D eigenvalue weighted by atomic mass is 15.1. The molecule has 13 heavy (non-hydrogen) atoms. The van der Waals surface area contributed by atoms with Crippen LogP contribution >= 0.6 is 0 Å². The molecule has 2 aromatic rings. The van der Waals surface area contributed by atoms with Gasteiger partial charge in [0.1, 0.15) is 5.82 Å². The molecule has 0 aliphatic carbocycles. The van der Waals surface area contributed by atoms with E-state index in [-0.39, 0.29) is 0 Å². The van der Waals surface area contributed by atoms with E-state index < -0.39 is 0 Å². The molecule has 3 nitrogen and oxygen atoms in total. The van der Waals surface area contributed by atoms with Crippen LogP contribution in [-0.4, -0.2) is 24.1 Å². The first-order valence-corrected chi connectivity index (χ1v) is 4.30. The molecule has 0 atom stereocenters. The molecule has 1 N–H and O–H groups in total. The van der Waals surface area contributed by atoms with Crippen molar-refractivity contribution in [2.24, 2.45) is 0 Å². The van der Waals surface area contributed by atoms with Gasteiger partial charge < -0.3 is 9.88 Å². The quantitative estimate of drug-likeness (QED) is 0.718. The van der Waals surface area contributed by atoms with Crippen LogP contribution in [0.4, 0.5) is 5.82 Å². The lowest BCUT2D eigenvalue weighted by Gasteiger charge is -2.11. The zero-order valence-electron chi connectivity index (χ0n) is 8.13. The molecule has 0 aromatic carbocycles. The van der Waals surface area contributed by atoms with Crippen LogP contribution in [0.1, 0.15) is 5.69 Å². The Labute approximate surface area is 77.4 Å². The van der Waals surface area contributed by atoms with Crippen LogP contribution in [0, 0.1) is 6.92 Å². The number of H-pyrrole nitrogens is 1. The Kier molecular flexibility index (Phi) is 1.72. The third-order valence-corrected chi connectivity index (χ3v) is 2.17. The number of nitrogens with one attached hydrogen (secondary N) is 1. The van der Waals surface area contributed by atoms with E-state index in [0.717, 1.165) is 17.0 Å². The van der Waals surface area contributed by atoms with Crippen LogP contribution in [-0.2, 0) is 0 Å². The SMILES string of the molecule is Cc1nc(N(C)C)cc2cc[nH]c12. The molecule has 2 heterocycles. The molecule has 0 fully saturated rings. The Morgan fingerprint density at radius 1 is 1.38 bits per heavy atom. The lowest BCUT2D eigenvalue weighted by atomic mass is 10.2. The van der Waals surface area contributed by atoms with Crippen molar-refractivity contribution in [2.45, 2.75) is 6.92 Å². The van der Waals surface area contributed by atoms with E-state index >= 15 is 0 Å². The molecular weight excluding hydrogens is 162 g/mol. The summed E-state index contributed by atoms with van der Waals surface area (Å²) < 4.78 is 0. The number of hydrogen-bond acceptors (Lipinski definition) is 2. The Hall–Kier alpha value is -1.51. The number of hydrogen-bond donors (Lipinski definition) is 1. The average molecular weight is 175 g/mol. The topological polar surface area (TPSA) is 31.9 Å². The van der Waals surface area contributed by atoms with Gasteiger partial charge in [-0.3, -0.25) is 0 Å². The normalized spacial score (nSPS) is 10.7. The van der Waals surface area contributed by atoms with E-state index in [4.69, 9.17) is 0 Å². The maximum Gasteiger partial charge on any atom is 0.129 e. The second-order valence-electron chi connectivity index (χ2n) is 3.40. The van der Waals surface area contributed by atoms with Crippen LogP contribution < -0.4 is 4.90 Å². The highest BCUT2D eigenvalue weighted by Gasteiger charge is 2.03. The van der Waals surface area contributed by atoms with Gasteiger partial charge in [-0.1, -0.05) is 0 Å². The minimum atomic E-state index is 1.00. The van der Waals surface area contributed by atoms with Gasteiger partial charge in [-0.25, -0.2) is 4.98 Å². The first-order chi connectivity index (χ1) is 6.18. The number of aryl methyl sites for hydroxylation is 1. The van der Waals surface area contributed by atoms with Crippen LogP contribution in [0.2, 0.25) is 0 Å².